The fraction of sp³-hybridized carbons (Fsp3) is 0.200. The monoisotopic (exact) mass is 448 g/mol. The van der Waals surface area contributed by atoms with E-state index >= 15 is 0 Å². The summed E-state index contributed by atoms with van der Waals surface area (Å²) in [4.78, 5) is 2.40. The molecule has 32 heavy (non-hydrogen) atoms. The van der Waals surface area contributed by atoms with Crippen LogP contribution in [0.5, 0.6) is 5.75 Å². The summed E-state index contributed by atoms with van der Waals surface area (Å²) < 4.78 is 35.1. The van der Waals surface area contributed by atoms with Crippen molar-refractivity contribution in [1.82, 2.24) is 0 Å². The van der Waals surface area contributed by atoms with E-state index in [1.165, 1.54) is 17.8 Å². The minimum atomic E-state index is -3.75. The second-order valence-corrected chi connectivity index (χ2v) is 9.47. The molecule has 2 heterocycles. The lowest BCUT2D eigenvalue weighted by atomic mass is 9.92. The van der Waals surface area contributed by atoms with Crippen molar-refractivity contribution >= 4 is 27.0 Å². The summed E-state index contributed by atoms with van der Waals surface area (Å²) in [5.74, 6) is 1.54. The number of hydrogen-bond acceptors (Lipinski definition) is 5. The highest BCUT2D eigenvalue weighted by molar-refractivity contribution is 7.89. The number of benzene rings is 3. The summed E-state index contributed by atoms with van der Waals surface area (Å²) >= 11 is 0. The number of nitrogens with two attached hydrogens (primary N) is 1. The SMILES string of the molecule is NS(=O)(=O)c1ccc(C2=C(c3ccc(N4CCOCC4)cc3)Cc3ccccc3O2)cc1. The van der Waals surface area contributed by atoms with E-state index < -0.39 is 10.0 Å². The molecule has 3 aromatic rings. The molecule has 0 unspecified atom stereocenters. The number of allylic oxidation sites excluding steroid dienone is 1. The van der Waals surface area contributed by atoms with Gasteiger partial charge in [-0.05, 0) is 53.6 Å². The summed E-state index contributed by atoms with van der Waals surface area (Å²) in [6.45, 7) is 3.27. The Morgan fingerprint density at radius 2 is 1.47 bits per heavy atom. The fourth-order valence-corrected chi connectivity index (χ4v) is 4.66. The normalized spacial score (nSPS) is 16.5. The maximum Gasteiger partial charge on any atom is 0.238 e. The number of para-hydroxylation sites is 1. The Morgan fingerprint density at radius 1 is 0.812 bits per heavy atom. The Balaban J connectivity index is 1.54. The van der Waals surface area contributed by atoms with Crippen LogP contribution in [0.2, 0.25) is 0 Å². The van der Waals surface area contributed by atoms with Gasteiger partial charge in [0.25, 0.3) is 0 Å². The van der Waals surface area contributed by atoms with Crippen molar-refractivity contribution in [3.8, 4) is 5.75 Å². The Hall–Kier alpha value is -3.13. The lowest BCUT2D eigenvalue weighted by molar-refractivity contribution is 0.122. The van der Waals surface area contributed by atoms with Crippen LogP contribution in [-0.4, -0.2) is 34.7 Å². The summed E-state index contributed by atoms with van der Waals surface area (Å²) in [6, 6.07) is 23.0. The highest BCUT2D eigenvalue weighted by Crippen LogP contribution is 2.39. The lowest BCUT2D eigenvalue weighted by Gasteiger charge is -2.29. The summed E-state index contributed by atoms with van der Waals surface area (Å²) in [5.41, 5.74) is 5.22. The van der Waals surface area contributed by atoms with Gasteiger partial charge in [0.05, 0.1) is 18.1 Å². The van der Waals surface area contributed by atoms with Gasteiger partial charge in [-0.2, -0.15) is 0 Å². The molecule has 3 aromatic carbocycles. The topological polar surface area (TPSA) is 81.9 Å². The number of sulfonamides is 1. The number of nitrogens with zero attached hydrogens (tertiary/aromatic N) is 1. The van der Waals surface area contributed by atoms with Crippen molar-refractivity contribution in [2.45, 2.75) is 11.3 Å². The van der Waals surface area contributed by atoms with Crippen LogP contribution in [0.25, 0.3) is 11.3 Å². The number of fused-ring (bicyclic) bond motifs is 1. The maximum atomic E-state index is 11.7. The molecule has 5 rings (SSSR count). The maximum absolute atomic E-state index is 11.7. The van der Waals surface area contributed by atoms with Crippen LogP contribution in [-0.2, 0) is 21.2 Å². The first-order valence-corrected chi connectivity index (χ1v) is 12.1. The first-order valence-electron chi connectivity index (χ1n) is 10.5. The molecular weight excluding hydrogens is 424 g/mol. The molecule has 0 aromatic heterocycles. The van der Waals surface area contributed by atoms with E-state index in [9.17, 15) is 8.42 Å². The number of ether oxygens (including phenoxy) is 2. The highest BCUT2D eigenvalue weighted by Gasteiger charge is 2.23. The van der Waals surface area contributed by atoms with E-state index in [1.807, 2.05) is 18.2 Å². The van der Waals surface area contributed by atoms with Gasteiger partial charge in [-0.25, -0.2) is 13.6 Å². The zero-order valence-electron chi connectivity index (χ0n) is 17.5. The molecule has 0 aliphatic carbocycles. The molecule has 6 nitrogen and oxygen atoms in total. The molecular formula is C25H24N2O4S. The molecule has 0 spiro atoms. The first-order chi connectivity index (χ1) is 15.5. The average Bonchev–Trinajstić information content (AvgIpc) is 2.83. The molecule has 2 aliphatic rings. The van der Waals surface area contributed by atoms with Crippen molar-refractivity contribution < 1.29 is 17.9 Å². The Kier molecular flexibility index (Phi) is 5.46. The van der Waals surface area contributed by atoms with E-state index in [1.54, 1.807) is 12.1 Å². The number of primary sulfonamides is 1. The van der Waals surface area contributed by atoms with Gasteiger partial charge in [0, 0.05) is 36.3 Å². The third kappa shape index (κ3) is 4.14. The quantitative estimate of drug-likeness (QED) is 0.659. The number of anilines is 1. The predicted octanol–water partition coefficient (Wildman–Crippen LogP) is 3.67. The second-order valence-electron chi connectivity index (χ2n) is 7.91. The number of rotatable bonds is 4. The van der Waals surface area contributed by atoms with Gasteiger partial charge in [0.15, 0.2) is 0 Å². The smallest absolute Gasteiger partial charge is 0.238 e. The molecule has 0 radical (unpaired) electrons. The number of morpholine rings is 1. The first kappa shape index (κ1) is 20.8. The van der Waals surface area contributed by atoms with E-state index in [-0.39, 0.29) is 4.90 Å². The van der Waals surface area contributed by atoms with Gasteiger partial charge >= 0.3 is 0 Å². The van der Waals surface area contributed by atoms with Crippen molar-refractivity contribution in [2.75, 3.05) is 31.2 Å². The van der Waals surface area contributed by atoms with Gasteiger partial charge in [0.2, 0.25) is 10.0 Å². The van der Waals surface area contributed by atoms with E-state index in [4.69, 9.17) is 14.6 Å². The van der Waals surface area contributed by atoms with Crippen molar-refractivity contribution in [3.05, 3.63) is 89.5 Å². The molecule has 0 atom stereocenters. The predicted molar refractivity (Wildman–Crippen MR) is 125 cm³/mol. The fourth-order valence-electron chi connectivity index (χ4n) is 4.15. The molecule has 0 saturated carbocycles. The summed E-state index contributed by atoms with van der Waals surface area (Å²) in [6.07, 6.45) is 0.722. The van der Waals surface area contributed by atoms with Crippen molar-refractivity contribution in [1.29, 1.82) is 0 Å². The number of hydrogen-bond donors (Lipinski definition) is 1. The average molecular weight is 449 g/mol. The molecule has 2 aliphatic heterocycles. The zero-order valence-corrected chi connectivity index (χ0v) is 18.3. The summed E-state index contributed by atoms with van der Waals surface area (Å²) in [5, 5.41) is 5.26. The third-order valence-corrected chi connectivity index (χ3v) is 6.79. The van der Waals surface area contributed by atoms with Gasteiger partial charge in [-0.1, -0.05) is 30.3 Å². The van der Waals surface area contributed by atoms with Gasteiger partial charge in [0.1, 0.15) is 11.5 Å². The Bertz CT molecular complexity index is 1260. The van der Waals surface area contributed by atoms with Crippen LogP contribution >= 0.6 is 0 Å². The van der Waals surface area contributed by atoms with E-state index in [2.05, 4.69) is 35.2 Å². The molecule has 2 N–H and O–H groups in total. The standard InChI is InChI=1S/C25H24N2O4S/c26-32(28,29)22-11-7-19(8-12-22)25-23(17-20-3-1-2-4-24(20)31-25)18-5-9-21(10-6-18)27-13-15-30-16-14-27/h1-12H,13-17H2,(H2,26,28,29). The molecule has 0 bridgehead atoms. The van der Waals surface area contributed by atoms with Gasteiger partial charge < -0.3 is 14.4 Å². The third-order valence-electron chi connectivity index (χ3n) is 5.86. The van der Waals surface area contributed by atoms with Crippen LogP contribution in [0.1, 0.15) is 16.7 Å². The molecule has 164 valence electrons. The lowest BCUT2D eigenvalue weighted by Crippen LogP contribution is -2.36. The minimum absolute atomic E-state index is 0.0782. The highest BCUT2D eigenvalue weighted by atomic mass is 32.2. The van der Waals surface area contributed by atoms with Gasteiger partial charge in [-0.3, -0.25) is 0 Å². The molecule has 1 fully saturated rings. The largest absolute Gasteiger partial charge is 0.456 e. The molecule has 1 saturated heterocycles. The Morgan fingerprint density at radius 3 is 2.16 bits per heavy atom. The summed E-state index contributed by atoms with van der Waals surface area (Å²) in [7, 11) is -3.75. The zero-order chi connectivity index (χ0) is 22.1. The van der Waals surface area contributed by atoms with E-state index in [0.29, 0.717) is 0 Å². The van der Waals surface area contributed by atoms with Crippen molar-refractivity contribution in [3.63, 3.8) is 0 Å². The molecule has 0 amide bonds. The minimum Gasteiger partial charge on any atom is -0.456 e. The van der Waals surface area contributed by atoms with Crippen LogP contribution in [0.15, 0.2) is 77.7 Å². The van der Waals surface area contributed by atoms with Crippen LogP contribution in [0.3, 0.4) is 0 Å². The van der Waals surface area contributed by atoms with Crippen LogP contribution in [0, 0.1) is 0 Å². The van der Waals surface area contributed by atoms with Crippen LogP contribution < -0.4 is 14.8 Å². The molecule has 7 heteroatoms. The van der Waals surface area contributed by atoms with Crippen LogP contribution in [0.4, 0.5) is 5.69 Å². The van der Waals surface area contributed by atoms with Gasteiger partial charge in [-0.15, -0.1) is 0 Å². The Labute approximate surface area is 187 Å². The second kappa shape index (κ2) is 8.43. The van der Waals surface area contributed by atoms with Crippen molar-refractivity contribution in [2.24, 2.45) is 5.14 Å². The van der Waals surface area contributed by atoms with E-state index in [0.717, 1.165) is 66.5 Å².